The van der Waals surface area contributed by atoms with Crippen LogP contribution in [-0.4, -0.2) is 71.0 Å². The Hall–Kier alpha value is -0.400. The Morgan fingerprint density at radius 2 is 0.733 bits per heavy atom. The van der Waals surface area contributed by atoms with Gasteiger partial charge in [0, 0.05) is 0 Å². The zero-order valence-electron chi connectivity index (χ0n) is 29.5. The van der Waals surface area contributed by atoms with Gasteiger partial charge in [-0.25, -0.2) is 0 Å². The molecule has 0 radical (unpaired) electrons. The fourth-order valence-electron chi connectivity index (χ4n) is 4.81. The average molecular weight is 699 g/mol. The van der Waals surface area contributed by atoms with E-state index in [0.29, 0.717) is 11.1 Å². The van der Waals surface area contributed by atoms with Crippen molar-refractivity contribution in [2.24, 2.45) is 0 Å². The molecule has 2 aromatic rings. The first-order valence-electron chi connectivity index (χ1n) is 15.2. The van der Waals surface area contributed by atoms with Crippen LogP contribution in [0.5, 0.6) is 11.5 Å². The van der Waals surface area contributed by atoms with Crippen LogP contribution in [0.1, 0.15) is 130 Å². The maximum absolute atomic E-state index is 12.1. The minimum atomic E-state index is -3.66. The molecule has 0 saturated heterocycles. The Bertz CT molecular complexity index is 1200. The van der Waals surface area contributed by atoms with E-state index in [1.807, 2.05) is 107 Å². The van der Waals surface area contributed by atoms with E-state index in [1.165, 1.54) is 0 Å². The van der Waals surface area contributed by atoms with E-state index < -0.39 is 15.2 Å². The summed E-state index contributed by atoms with van der Waals surface area (Å²) in [5.41, 5.74) is 3.53. The molecule has 0 aliphatic carbocycles. The third kappa shape index (κ3) is 13.9. The molecule has 0 aromatic heterocycles. The average Bonchev–Trinajstić information content (AvgIpc) is 2.78. The van der Waals surface area contributed by atoms with Crippen molar-refractivity contribution in [3.63, 3.8) is 0 Å². The quantitative estimate of drug-likeness (QED) is 0.159. The van der Waals surface area contributed by atoms with Gasteiger partial charge in [0.1, 0.15) is 11.5 Å². The molecule has 0 aliphatic rings. The number of aromatic hydroxyl groups is 2. The van der Waals surface area contributed by atoms with E-state index in [-0.39, 0.29) is 96.4 Å². The Labute approximate surface area is 302 Å². The summed E-state index contributed by atoms with van der Waals surface area (Å²) in [4.78, 5) is 19.8. The van der Waals surface area contributed by atoms with Crippen molar-refractivity contribution in [1.82, 2.24) is 0 Å². The Morgan fingerprint density at radius 1 is 0.533 bits per heavy atom. The van der Waals surface area contributed by atoms with Crippen LogP contribution in [0.4, 0.5) is 0 Å². The van der Waals surface area contributed by atoms with Gasteiger partial charge in [-0.2, -0.15) is 0 Å². The molecule has 0 bridgehead atoms. The number of phenolic OH excluding ortho intramolecular Hbond substituents is 2. The Kier molecular flexibility index (Phi) is 16.2. The molecule has 45 heavy (non-hydrogen) atoms. The Balaban J connectivity index is 0.000000842. The van der Waals surface area contributed by atoms with Crippen molar-refractivity contribution in [1.29, 1.82) is 0 Å². The van der Waals surface area contributed by atoms with Gasteiger partial charge in [0.25, 0.3) is 0 Å². The molecule has 0 fully saturated rings. The van der Waals surface area contributed by atoms with Crippen LogP contribution in [0.3, 0.4) is 0 Å². The zero-order chi connectivity index (χ0) is 34.7. The van der Waals surface area contributed by atoms with Crippen molar-refractivity contribution < 1.29 is 38.2 Å². The first-order valence-corrected chi connectivity index (χ1v) is 18.7. The van der Waals surface area contributed by atoms with Crippen LogP contribution in [0.15, 0.2) is 24.3 Å². The first-order chi connectivity index (χ1) is 19.6. The molecule has 0 spiro atoms. The van der Waals surface area contributed by atoms with Gasteiger partial charge in [-0.15, -0.1) is 0 Å². The van der Waals surface area contributed by atoms with Crippen LogP contribution < -0.4 is 0 Å². The molecule has 2 unspecified atom stereocenters. The van der Waals surface area contributed by atoms with Gasteiger partial charge in [-0.3, -0.25) is 9.13 Å². The number of rotatable bonds is 8. The van der Waals surface area contributed by atoms with Crippen LogP contribution in [0.25, 0.3) is 0 Å². The molecule has 2 aromatic carbocycles. The first kappa shape index (κ1) is 44.6. The fourth-order valence-corrected chi connectivity index (χ4v) is 7.09. The molecule has 4 N–H and O–H groups in total. The fraction of sp³-hybridized carbons (Fsp3) is 0.647. The van der Waals surface area contributed by atoms with Gasteiger partial charge in [0.05, 0.1) is 25.5 Å². The van der Waals surface area contributed by atoms with Crippen molar-refractivity contribution in [2.75, 3.05) is 13.2 Å². The maximum atomic E-state index is 12.1. The van der Waals surface area contributed by atoms with Crippen LogP contribution >= 0.6 is 15.2 Å². The summed E-state index contributed by atoms with van der Waals surface area (Å²) in [5, 5.41) is 21.2. The third-order valence-electron chi connectivity index (χ3n) is 7.00. The predicted octanol–water partition coefficient (Wildman–Crippen LogP) is 8.50. The summed E-state index contributed by atoms with van der Waals surface area (Å²) in [6.45, 7) is 27.9. The molecule has 0 amide bonds. The summed E-state index contributed by atoms with van der Waals surface area (Å²) in [6, 6.07) is 7.25. The van der Waals surface area contributed by atoms with E-state index >= 15 is 0 Å². The summed E-state index contributed by atoms with van der Waals surface area (Å²) < 4.78 is 34.0. The zero-order valence-corrected chi connectivity index (χ0v) is 31.2. The van der Waals surface area contributed by atoms with Crippen molar-refractivity contribution in [3.8, 4) is 11.5 Å². The van der Waals surface area contributed by atoms with Gasteiger partial charge >= 0.3 is 52.9 Å². The third-order valence-corrected chi connectivity index (χ3v) is 9.85. The predicted molar refractivity (Wildman–Crippen MR) is 190 cm³/mol. The molecule has 2 rings (SSSR count). The van der Waals surface area contributed by atoms with E-state index in [2.05, 4.69) is 0 Å². The summed E-state index contributed by atoms with van der Waals surface area (Å²) >= 11 is 0. The van der Waals surface area contributed by atoms with E-state index in [0.717, 1.165) is 22.3 Å². The molecular formula is C34H60CaO8P2. The molecule has 0 saturated carbocycles. The minimum absolute atomic E-state index is 0. The second-order valence-corrected chi connectivity index (χ2v) is 19.2. The molecule has 0 aliphatic heterocycles. The molecular weight excluding hydrogens is 638 g/mol. The number of benzene rings is 2. The molecule has 0 heterocycles. The Morgan fingerprint density at radius 3 is 0.889 bits per heavy atom. The van der Waals surface area contributed by atoms with Crippen molar-refractivity contribution in [2.45, 2.75) is 131 Å². The molecule has 11 heteroatoms. The SMILES string of the molecule is CCOP(=O)(O)Cc1cc(C(C)(C)C)c(O)c(C(C)(C)C)c1.CCOP(=O)(O)Cc1cc(C(C)(C)C)c(O)c(C(C)(C)C)c1.[CaH2]. The second-order valence-electron chi connectivity index (χ2n) is 15.5. The summed E-state index contributed by atoms with van der Waals surface area (Å²) in [5.74, 6) is 0.542. The van der Waals surface area contributed by atoms with E-state index in [9.17, 15) is 29.1 Å². The molecule has 8 nitrogen and oxygen atoms in total. The number of hydrogen-bond acceptors (Lipinski definition) is 6. The van der Waals surface area contributed by atoms with Crippen LogP contribution in [-0.2, 0) is 52.2 Å². The van der Waals surface area contributed by atoms with E-state index in [4.69, 9.17) is 9.05 Å². The van der Waals surface area contributed by atoms with Crippen molar-refractivity contribution >= 4 is 52.9 Å². The molecule has 256 valence electrons. The van der Waals surface area contributed by atoms with Gasteiger partial charge in [-0.1, -0.05) is 107 Å². The van der Waals surface area contributed by atoms with Crippen LogP contribution in [0, 0.1) is 0 Å². The van der Waals surface area contributed by atoms with Gasteiger partial charge in [0.2, 0.25) is 0 Å². The number of phenols is 2. The monoisotopic (exact) mass is 698 g/mol. The second kappa shape index (κ2) is 16.3. The van der Waals surface area contributed by atoms with E-state index in [1.54, 1.807) is 13.8 Å². The standard InChI is InChI=1S/2C17H29O4P.Ca.2H/c2*1-8-21-22(19,20)11-12-9-13(16(2,3)4)15(18)14(10-12)17(5,6)7;;;/h2*9-10,18H,8,11H2,1-7H3,(H,19,20);;;. The van der Waals surface area contributed by atoms with Gasteiger partial charge in [-0.05, 0) is 68.9 Å². The van der Waals surface area contributed by atoms with Gasteiger partial charge < -0.3 is 29.0 Å². The molecule has 2 atom stereocenters. The van der Waals surface area contributed by atoms with Crippen LogP contribution in [0.2, 0.25) is 0 Å². The topological polar surface area (TPSA) is 134 Å². The normalized spacial score (nSPS) is 15.3. The summed E-state index contributed by atoms with van der Waals surface area (Å²) in [7, 11) is -7.31. The number of hydrogen-bond donors (Lipinski definition) is 4. The van der Waals surface area contributed by atoms with Crippen molar-refractivity contribution in [3.05, 3.63) is 57.6 Å². The summed E-state index contributed by atoms with van der Waals surface area (Å²) in [6.07, 6.45) is -0.0967. The van der Waals surface area contributed by atoms with Gasteiger partial charge in [0.15, 0.2) is 0 Å².